The number of nitrogens with zero attached hydrogens (tertiary/aromatic N) is 4. The van der Waals surface area contributed by atoms with Crippen LogP contribution in [0.4, 0.5) is 36.8 Å². The summed E-state index contributed by atoms with van der Waals surface area (Å²) in [4.78, 5) is 32.4. The van der Waals surface area contributed by atoms with E-state index in [4.69, 9.17) is 13.9 Å². The van der Waals surface area contributed by atoms with Crippen molar-refractivity contribution in [2.24, 2.45) is 5.92 Å². The third-order valence-corrected chi connectivity index (χ3v) is 10.3. The molecule has 4 aliphatic rings. The topological polar surface area (TPSA) is 120 Å². The molecule has 8 rings (SSSR count). The molecule has 16 heteroatoms. The van der Waals surface area contributed by atoms with Crippen molar-refractivity contribution in [3.63, 3.8) is 0 Å². The number of carbonyl (C=O) groups excluding carboxylic acids is 2. The summed E-state index contributed by atoms with van der Waals surface area (Å²) in [6.07, 6.45) is -6.49. The SMILES string of the molecule is CC(C)(C)OC(=O)Nc1cc(C(F)(F)F)c2nc1-c1nnc(o1)[C@@](OCc1ccccc1)(C(F)(F)F)C/C=C\CCN(Cc1ccc(C34CC(C3)C4)cc1)C2=O. The molecule has 296 valence electrons. The highest BCUT2D eigenvalue weighted by atomic mass is 19.4. The lowest BCUT2D eigenvalue weighted by Gasteiger charge is -2.62. The molecule has 1 aliphatic heterocycles. The molecule has 3 fully saturated rings. The number of pyridine rings is 1. The third-order valence-electron chi connectivity index (χ3n) is 10.3. The maximum Gasteiger partial charge on any atom is 0.426 e. The van der Waals surface area contributed by atoms with Gasteiger partial charge in [-0.3, -0.25) is 10.1 Å². The van der Waals surface area contributed by atoms with Crippen LogP contribution in [0, 0.1) is 5.92 Å². The molecule has 56 heavy (non-hydrogen) atoms. The van der Waals surface area contributed by atoms with E-state index in [1.165, 1.54) is 38.5 Å². The fourth-order valence-corrected chi connectivity index (χ4v) is 7.37. The number of rotatable bonds is 7. The van der Waals surface area contributed by atoms with Gasteiger partial charge in [-0.1, -0.05) is 66.7 Å². The molecule has 2 aromatic carbocycles. The molecule has 0 spiro atoms. The van der Waals surface area contributed by atoms with E-state index >= 15 is 13.2 Å². The molecule has 2 amide bonds. The van der Waals surface area contributed by atoms with Crippen LogP contribution in [-0.4, -0.2) is 50.4 Å². The van der Waals surface area contributed by atoms with E-state index in [0.717, 1.165) is 30.1 Å². The van der Waals surface area contributed by atoms with Crippen molar-refractivity contribution in [3.8, 4) is 11.6 Å². The molecule has 1 N–H and O–H groups in total. The first-order valence-electron chi connectivity index (χ1n) is 18.1. The molecule has 0 saturated heterocycles. The van der Waals surface area contributed by atoms with Gasteiger partial charge in [0.2, 0.25) is 5.60 Å². The van der Waals surface area contributed by atoms with Gasteiger partial charge in [-0.15, -0.1) is 10.2 Å². The average molecular weight is 784 g/mol. The van der Waals surface area contributed by atoms with Crippen LogP contribution in [0.25, 0.3) is 11.6 Å². The number of anilines is 1. The molecular formula is C40H39F6N5O5. The second-order valence-corrected chi connectivity index (χ2v) is 15.6. The van der Waals surface area contributed by atoms with E-state index < -0.39 is 83.0 Å². The van der Waals surface area contributed by atoms with Crippen LogP contribution < -0.4 is 5.32 Å². The first-order valence-corrected chi connectivity index (χ1v) is 18.1. The van der Waals surface area contributed by atoms with E-state index in [9.17, 15) is 22.8 Å². The van der Waals surface area contributed by atoms with Crippen LogP contribution >= 0.6 is 0 Å². The Balaban J connectivity index is 1.34. The summed E-state index contributed by atoms with van der Waals surface area (Å²) in [6, 6.07) is 16.1. The summed E-state index contributed by atoms with van der Waals surface area (Å²) >= 11 is 0. The molecule has 0 unspecified atom stereocenters. The number of amides is 2. The number of nitrogens with one attached hydrogen (secondary N) is 1. The fraction of sp³-hybridized carbons (Fsp3) is 0.425. The molecule has 2 aromatic heterocycles. The van der Waals surface area contributed by atoms with Gasteiger partial charge in [-0.2, -0.15) is 26.3 Å². The zero-order chi connectivity index (χ0) is 40.1. The van der Waals surface area contributed by atoms with Crippen LogP contribution in [0.15, 0.2) is 77.2 Å². The molecular weight excluding hydrogens is 744 g/mol. The lowest BCUT2D eigenvalue weighted by molar-refractivity contribution is -0.295. The minimum Gasteiger partial charge on any atom is -0.444 e. The Morgan fingerprint density at radius 1 is 0.929 bits per heavy atom. The fourth-order valence-electron chi connectivity index (χ4n) is 7.37. The first kappa shape index (κ1) is 39.0. The Morgan fingerprint density at radius 3 is 2.23 bits per heavy atom. The van der Waals surface area contributed by atoms with Gasteiger partial charge in [0, 0.05) is 19.5 Å². The van der Waals surface area contributed by atoms with Gasteiger partial charge in [0.15, 0.2) is 5.69 Å². The van der Waals surface area contributed by atoms with Crippen molar-refractivity contribution in [3.05, 3.63) is 107 Å². The maximum absolute atomic E-state index is 15.3. The summed E-state index contributed by atoms with van der Waals surface area (Å²) in [7, 11) is 0. The number of ether oxygens (including phenoxy) is 2. The number of benzene rings is 2. The van der Waals surface area contributed by atoms with Crippen LogP contribution in [-0.2, 0) is 39.8 Å². The summed E-state index contributed by atoms with van der Waals surface area (Å²) < 4.78 is 107. The van der Waals surface area contributed by atoms with Crippen molar-refractivity contribution in [1.29, 1.82) is 0 Å². The standard InChI is InChI=1S/C40H39F6N5O5/c1-36(2,3)56-35(53)47-29-18-28(39(41,42)43)30-33(52)51(22-24-12-14-27(15-13-24)37-19-26(20-37)21-37)17-9-5-8-16-38(40(44,45)46,54-23-25-10-6-4-7-11-25)34-50-49-32(55-34)31(29)48-30/h4-8,10-15,18,26H,9,16-17,19-23H2,1-3H3,(H,47,53)/b8-5-/t26?,37?,38-/m1/s1. The predicted molar refractivity (Wildman–Crippen MR) is 190 cm³/mol. The van der Waals surface area contributed by atoms with E-state index in [-0.39, 0.29) is 24.9 Å². The van der Waals surface area contributed by atoms with Gasteiger partial charge >= 0.3 is 18.4 Å². The minimum absolute atomic E-state index is 0.0392. The Labute approximate surface area is 318 Å². The van der Waals surface area contributed by atoms with Gasteiger partial charge in [0.25, 0.3) is 17.7 Å². The highest BCUT2D eigenvalue weighted by Gasteiger charge is 2.61. The Hall–Kier alpha value is -5.25. The van der Waals surface area contributed by atoms with Crippen LogP contribution in [0.2, 0.25) is 0 Å². The lowest BCUT2D eigenvalue weighted by Crippen LogP contribution is -2.55. The summed E-state index contributed by atoms with van der Waals surface area (Å²) in [5.41, 5.74) is -5.96. The van der Waals surface area contributed by atoms with Gasteiger partial charge in [0.05, 0.1) is 17.9 Å². The zero-order valence-electron chi connectivity index (χ0n) is 30.8. The minimum atomic E-state index is -5.18. The number of hydrogen-bond acceptors (Lipinski definition) is 8. The Kier molecular flexibility index (Phi) is 10.00. The molecule has 4 aromatic rings. The average Bonchev–Trinajstić information content (AvgIpc) is 3.56. The number of aromatic nitrogens is 3. The number of hydrogen-bond donors (Lipinski definition) is 1. The van der Waals surface area contributed by atoms with Gasteiger partial charge in [-0.05, 0) is 80.5 Å². The highest BCUT2D eigenvalue weighted by Crippen LogP contribution is 2.65. The van der Waals surface area contributed by atoms with Gasteiger partial charge in [0.1, 0.15) is 11.3 Å². The van der Waals surface area contributed by atoms with Gasteiger partial charge < -0.3 is 18.8 Å². The molecule has 1 atom stereocenters. The molecule has 6 bridgehead atoms. The Bertz CT molecular complexity index is 2110. The normalized spacial score (nSPS) is 23.1. The summed E-state index contributed by atoms with van der Waals surface area (Å²) in [6.45, 7) is 3.70. The maximum atomic E-state index is 15.3. The largest absolute Gasteiger partial charge is 0.444 e. The molecule has 3 aliphatic carbocycles. The zero-order valence-corrected chi connectivity index (χ0v) is 30.8. The molecule has 10 nitrogen and oxygen atoms in total. The number of halogens is 6. The highest BCUT2D eigenvalue weighted by molar-refractivity contribution is 5.97. The van der Waals surface area contributed by atoms with Crippen molar-refractivity contribution in [2.75, 3.05) is 11.9 Å². The Morgan fingerprint density at radius 2 is 1.62 bits per heavy atom. The second-order valence-electron chi connectivity index (χ2n) is 15.6. The molecule has 0 radical (unpaired) electrons. The molecule has 3 saturated carbocycles. The monoisotopic (exact) mass is 783 g/mol. The lowest BCUT2D eigenvalue weighted by atomic mass is 9.42. The smallest absolute Gasteiger partial charge is 0.426 e. The molecule has 3 heterocycles. The van der Waals surface area contributed by atoms with Crippen molar-refractivity contribution in [2.45, 2.75) is 95.0 Å². The van der Waals surface area contributed by atoms with Gasteiger partial charge in [-0.25, -0.2) is 9.78 Å². The predicted octanol–water partition coefficient (Wildman–Crippen LogP) is 9.52. The van der Waals surface area contributed by atoms with E-state index in [2.05, 4.69) is 20.5 Å². The van der Waals surface area contributed by atoms with Crippen LogP contribution in [0.3, 0.4) is 0 Å². The van der Waals surface area contributed by atoms with Crippen molar-refractivity contribution < 1.29 is 49.8 Å². The summed E-state index contributed by atoms with van der Waals surface area (Å²) in [5.74, 6) is -2.26. The second kappa shape index (κ2) is 14.4. The summed E-state index contributed by atoms with van der Waals surface area (Å²) in [5, 5.41) is 9.61. The van der Waals surface area contributed by atoms with Crippen molar-refractivity contribution in [1.82, 2.24) is 20.1 Å². The number of alkyl halides is 6. The third kappa shape index (κ3) is 7.75. The van der Waals surface area contributed by atoms with Crippen LogP contribution in [0.1, 0.15) is 91.5 Å². The number of carbonyl (C=O) groups is 2. The quantitative estimate of drug-likeness (QED) is 0.146. The number of fused-ring (bicyclic) bond motifs is 5. The van der Waals surface area contributed by atoms with E-state index in [0.29, 0.717) is 17.2 Å². The van der Waals surface area contributed by atoms with E-state index in [1.54, 1.807) is 30.3 Å². The van der Waals surface area contributed by atoms with E-state index in [1.807, 2.05) is 24.3 Å². The van der Waals surface area contributed by atoms with Crippen LogP contribution in [0.5, 0.6) is 0 Å². The first-order chi connectivity index (χ1) is 26.4. The van der Waals surface area contributed by atoms with Crippen molar-refractivity contribution >= 4 is 17.7 Å².